The first-order chi connectivity index (χ1) is 19.1. The first-order valence-corrected chi connectivity index (χ1v) is 13.7. The van der Waals surface area contributed by atoms with Crippen molar-refractivity contribution in [3.63, 3.8) is 0 Å². The van der Waals surface area contributed by atoms with Gasteiger partial charge in [-0.3, -0.25) is 0 Å². The SMILES string of the molecule is CNC[C@H](O)COc1ccc(Cl)c(-c2nc(N[C@H]3CCN(C(=O)OC)[C@H](C)C3)c(C)c(-c3c(C)noc3C)n2)c1. The molecule has 4 rings (SSSR count). The van der Waals surface area contributed by atoms with Gasteiger partial charge in [-0.15, -0.1) is 0 Å². The Labute approximate surface area is 239 Å². The van der Waals surface area contributed by atoms with Gasteiger partial charge in [0.05, 0.1) is 29.1 Å². The molecule has 3 atom stereocenters. The lowest BCUT2D eigenvalue weighted by Gasteiger charge is -2.37. The number of aliphatic hydroxyl groups excluding tert-OH is 1. The number of ether oxygens (including phenoxy) is 2. The van der Waals surface area contributed by atoms with E-state index in [4.69, 9.17) is 35.6 Å². The Kier molecular flexibility index (Phi) is 9.49. The predicted molar refractivity (Wildman–Crippen MR) is 153 cm³/mol. The summed E-state index contributed by atoms with van der Waals surface area (Å²) in [6.07, 6.45) is 0.489. The van der Waals surface area contributed by atoms with Gasteiger partial charge >= 0.3 is 6.09 Å². The lowest BCUT2D eigenvalue weighted by molar-refractivity contribution is 0.0920. The van der Waals surface area contributed by atoms with Crippen LogP contribution in [0.25, 0.3) is 22.6 Å². The maximum atomic E-state index is 12.1. The van der Waals surface area contributed by atoms with Crippen LogP contribution in [0.4, 0.5) is 10.6 Å². The number of hydrogen-bond acceptors (Lipinski definition) is 10. The monoisotopic (exact) mass is 572 g/mol. The fourth-order valence-corrected chi connectivity index (χ4v) is 5.18. The number of benzene rings is 1. The number of rotatable bonds is 9. The number of nitrogens with one attached hydrogen (secondary N) is 2. The molecule has 216 valence electrons. The van der Waals surface area contributed by atoms with E-state index in [9.17, 15) is 9.90 Å². The zero-order valence-electron chi connectivity index (χ0n) is 23.7. The lowest BCUT2D eigenvalue weighted by atomic mass is 9.98. The largest absolute Gasteiger partial charge is 0.491 e. The highest BCUT2D eigenvalue weighted by atomic mass is 35.5. The van der Waals surface area contributed by atoms with Crippen LogP contribution in [0.3, 0.4) is 0 Å². The average molecular weight is 573 g/mol. The second-order valence-electron chi connectivity index (χ2n) is 10.1. The maximum Gasteiger partial charge on any atom is 0.409 e. The summed E-state index contributed by atoms with van der Waals surface area (Å²) in [6, 6.07) is 5.33. The Bertz CT molecular complexity index is 1330. The van der Waals surface area contributed by atoms with Gasteiger partial charge in [-0.1, -0.05) is 16.8 Å². The number of halogens is 1. The number of nitrogens with zero attached hydrogens (tertiary/aromatic N) is 4. The van der Waals surface area contributed by atoms with Crippen molar-refractivity contribution in [2.45, 2.75) is 58.7 Å². The minimum Gasteiger partial charge on any atom is -0.491 e. The summed E-state index contributed by atoms with van der Waals surface area (Å²) >= 11 is 6.65. The van der Waals surface area contributed by atoms with E-state index in [1.165, 1.54) is 7.11 Å². The lowest BCUT2D eigenvalue weighted by Crippen LogP contribution is -2.48. The molecule has 1 aliphatic heterocycles. The molecular formula is C28H37ClN6O5. The van der Waals surface area contributed by atoms with E-state index in [2.05, 4.69) is 15.8 Å². The highest BCUT2D eigenvalue weighted by Gasteiger charge is 2.30. The smallest absolute Gasteiger partial charge is 0.409 e. The summed E-state index contributed by atoms with van der Waals surface area (Å²) in [6.45, 7) is 8.81. The standard InChI is InChI=1S/C28H37ClN6O5/c1-15-11-19(9-10-35(15)28(37)38-6)31-26-16(2)25(24-17(3)34-40-18(24)4)32-27(33-26)22-12-21(7-8-23(22)29)39-14-20(36)13-30-5/h7-8,12,15,19-20,30,36H,9-11,13-14H2,1-6H3,(H,31,32,33)/t15-,19+,20+/m1/s1. The fourth-order valence-electron chi connectivity index (χ4n) is 4.98. The normalized spacial score (nSPS) is 17.9. The number of likely N-dealkylation sites (N-methyl/N-ethyl adjacent to an activating group) is 1. The van der Waals surface area contributed by atoms with Crippen LogP contribution in [0.2, 0.25) is 5.02 Å². The number of aromatic nitrogens is 3. The third-order valence-electron chi connectivity index (χ3n) is 7.10. The molecule has 3 aromatic rings. The Morgan fingerprint density at radius 1 is 1.30 bits per heavy atom. The number of carbonyl (C=O) groups is 1. The predicted octanol–water partition coefficient (Wildman–Crippen LogP) is 4.37. The first kappa shape index (κ1) is 29.6. The van der Waals surface area contributed by atoms with Crippen molar-refractivity contribution >= 4 is 23.5 Å². The van der Waals surface area contributed by atoms with E-state index in [0.717, 1.165) is 29.7 Å². The number of aryl methyl sites for hydroxylation is 2. The summed E-state index contributed by atoms with van der Waals surface area (Å²) < 4.78 is 16.2. The highest BCUT2D eigenvalue weighted by Crippen LogP contribution is 2.36. The van der Waals surface area contributed by atoms with Gasteiger partial charge in [0.1, 0.15) is 30.0 Å². The van der Waals surface area contributed by atoms with Crippen molar-refractivity contribution < 1.29 is 23.9 Å². The van der Waals surface area contributed by atoms with Crippen molar-refractivity contribution in [2.24, 2.45) is 0 Å². The van der Waals surface area contributed by atoms with E-state index in [1.807, 2.05) is 27.7 Å². The van der Waals surface area contributed by atoms with Gasteiger partial charge in [0.2, 0.25) is 0 Å². The Morgan fingerprint density at radius 2 is 2.08 bits per heavy atom. The van der Waals surface area contributed by atoms with Gasteiger partial charge in [-0.25, -0.2) is 14.8 Å². The molecule has 3 heterocycles. The molecule has 1 aliphatic rings. The minimum atomic E-state index is -0.658. The molecule has 11 nitrogen and oxygen atoms in total. The molecule has 1 saturated heterocycles. The third kappa shape index (κ3) is 6.48. The molecule has 0 bridgehead atoms. The average Bonchev–Trinajstić information content (AvgIpc) is 3.26. The second kappa shape index (κ2) is 12.8. The number of carbonyl (C=O) groups excluding carboxylic acids is 1. The molecule has 0 spiro atoms. The molecule has 40 heavy (non-hydrogen) atoms. The Balaban J connectivity index is 1.71. The van der Waals surface area contributed by atoms with Crippen LogP contribution in [-0.2, 0) is 4.74 Å². The summed E-state index contributed by atoms with van der Waals surface area (Å²) in [5, 5.41) is 21.2. The van der Waals surface area contributed by atoms with Crippen LogP contribution in [0.1, 0.15) is 36.8 Å². The number of anilines is 1. The van der Waals surface area contributed by atoms with Crippen molar-refractivity contribution in [3.8, 4) is 28.4 Å². The molecule has 0 aliphatic carbocycles. The molecule has 1 fully saturated rings. The molecule has 2 aromatic heterocycles. The van der Waals surface area contributed by atoms with Gasteiger partial charge in [-0.05, 0) is 65.8 Å². The van der Waals surface area contributed by atoms with Gasteiger partial charge in [0, 0.05) is 36.3 Å². The fraction of sp³-hybridized carbons (Fsp3) is 0.500. The summed E-state index contributed by atoms with van der Waals surface area (Å²) in [5.41, 5.74) is 3.65. The van der Waals surface area contributed by atoms with E-state index < -0.39 is 6.10 Å². The Hall–Kier alpha value is -3.41. The van der Waals surface area contributed by atoms with Crippen LogP contribution in [-0.4, -0.2) is 83.3 Å². The van der Waals surface area contributed by atoms with Crippen molar-refractivity contribution in [1.29, 1.82) is 0 Å². The zero-order chi connectivity index (χ0) is 29.0. The van der Waals surface area contributed by atoms with Crippen molar-refractivity contribution in [3.05, 3.63) is 40.2 Å². The summed E-state index contributed by atoms with van der Waals surface area (Å²) in [4.78, 5) is 23.7. The second-order valence-corrected chi connectivity index (χ2v) is 10.5. The van der Waals surface area contributed by atoms with Crippen molar-refractivity contribution in [1.82, 2.24) is 25.3 Å². The van der Waals surface area contributed by atoms with Crippen LogP contribution < -0.4 is 15.4 Å². The number of piperidine rings is 1. The van der Waals surface area contributed by atoms with Crippen LogP contribution in [0.5, 0.6) is 5.75 Å². The molecule has 1 amide bonds. The molecule has 12 heteroatoms. The maximum absolute atomic E-state index is 12.1. The molecule has 0 radical (unpaired) electrons. The number of hydrogen-bond donors (Lipinski definition) is 3. The minimum absolute atomic E-state index is 0.00359. The highest BCUT2D eigenvalue weighted by molar-refractivity contribution is 6.33. The van der Waals surface area contributed by atoms with Crippen LogP contribution >= 0.6 is 11.6 Å². The quantitative estimate of drug-likeness (QED) is 0.339. The van der Waals surface area contributed by atoms with Crippen molar-refractivity contribution in [2.75, 3.05) is 39.2 Å². The summed E-state index contributed by atoms with van der Waals surface area (Å²) in [5.74, 6) is 2.26. The zero-order valence-corrected chi connectivity index (χ0v) is 24.5. The van der Waals surface area contributed by atoms with Crippen LogP contribution in [0, 0.1) is 20.8 Å². The molecule has 0 unspecified atom stereocenters. The first-order valence-electron chi connectivity index (χ1n) is 13.3. The topological polar surface area (TPSA) is 135 Å². The number of amides is 1. The third-order valence-corrected chi connectivity index (χ3v) is 7.43. The number of methoxy groups -OCH3 is 1. The molecule has 1 aromatic carbocycles. The number of likely N-dealkylation sites (tertiary alicyclic amines) is 1. The van der Waals surface area contributed by atoms with Gasteiger partial charge in [0.15, 0.2) is 5.82 Å². The van der Waals surface area contributed by atoms with E-state index in [-0.39, 0.29) is 24.8 Å². The molecular weight excluding hydrogens is 536 g/mol. The summed E-state index contributed by atoms with van der Waals surface area (Å²) in [7, 11) is 3.17. The number of aliphatic hydroxyl groups is 1. The van der Waals surface area contributed by atoms with Gasteiger partial charge in [-0.2, -0.15) is 0 Å². The Morgan fingerprint density at radius 3 is 2.73 bits per heavy atom. The van der Waals surface area contributed by atoms with Gasteiger partial charge < -0.3 is 34.6 Å². The van der Waals surface area contributed by atoms with E-state index >= 15 is 0 Å². The van der Waals surface area contributed by atoms with Gasteiger partial charge in [0.25, 0.3) is 0 Å². The van der Waals surface area contributed by atoms with E-state index in [1.54, 1.807) is 30.1 Å². The van der Waals surface area contributed by atoms with Crippen LogP contribution in [0.15, 0.2) is 22.7 Å². The molecule has 3 N–H and O–H groups in total. The van der Waals surface area contributed by atoms with E-state index in [0.29, 0.717) is 52.5 Å². The molecule has 0 saturated carbocycles.